The van der Waals surface area contributed by atoms with Gasteiger partial charge in [-0.1, -0.05) is 0 Å². The molecule has 0 aliphatic heterocycles. The molecule has 0 aliphatic carbocycles. The smallest absolute Gasteiger partial charge is 0.319 e. The van der Waals surface area contributed by atoms with Gasteiger partial charge in [0.1, 0.15) is 5.69 Å². The summed E-state index contributed by atoms with van der Waals surface area (Å²) in [6.45, 7) is -0.317. The van der Waals surface area contributed by atoms with Crippen LogP contribution in [0.1, 0.15) is 6.42 Å². The predicted octanol–water partition coefficient (Wildman–Crippen LogP) is 1.84. The first-order valence-electron chi connectivity index (χ1n) is 4.92. The summed E-state index contributed by atoms with van der Waals surface area (Å²) in [5, 5.41) is 11.8. The van der Waals surface area contributed by atoms with Crippen LogP contribution in [0.15, 0.2) is 6.07 Å². The van der Waals surface area contributed by atoms with Crippen molar-refractivity contribution >= 4 is 17.7 Å². The van der Waals surface area contributed by atoms with Crippen molar-refractivity contribution in [1.82, 2.24) is 5.32 Å². The number of hydrogen-bond donors (Lipinski definition) is 3. The van der Waals surface area contributed by atoms with Gasteiger partial charge >= 0.3 is 12.0 Å². The third-order valence-corrected chi connectivity index (χ3v) is 1.97. The standard InChI is InChI=1S/C10H8F4N2O3/c11-4-3-5(12)8(14)9(7(4)13)16-10(19)15-2-1-6(17)18/h3H,1-2H2,(H,17,18)(H2,15,16,19). The number of carbonyl (C=O) groups excluding carboxylic acids is 1. The van der Waals surface area contributed by atoms with Gasteiger partial charge in [-0.25, -0.2) is 22.4 Å². The number of aliphatic carboxylic acids is 1. The van der Waals surface area contributed by atoms with E-state index in [1.54, 1.807) is 5.32 Å². The van der Waals surface area contributed by atoms with Crippen LogP contribution in [-0.4, -0.2) is 23.7 Å². The molecule has 9 heteroatoms. The lowest BCUT2D eigenvalue weighted by Gasteiger charge is -2.09. The van der Waals surface area contributed by atoms with Gasteiger partial charge in [0.05, 0.1) is 6.42 Å². The zero-order chi connectivity index (χ0) is 14.6. The zero-order valence-electron chi connectivity index (χ0n) is 9.27. The fourth-order valence-electron chi connectivity index (χ4n) is 1.12. The van der Waals surface area contributed by atoms with Crippen molar-refractivity contribution in [2.45, 2.75) is 6.42 Å². The number of carbonyl (C=O) groups is 2. The average molecular weight is 280 g/mol. The highest BCUT2D eigenvalue weighted by atomic mass is 19.2. The number of anilines is 1. The molecular formula is C10H8F4N2O3. The van der Waals surface area contributed by atoms with E-state index in [9.17, 15) is 27.2 Å². The molecule has 3 N–H and O–H groups in total. The molecule has 2 amide bonds. The monoisotopic (exact) mass is 280 g/mol. The van der Waals surface area contributed by atoms with Crippen molar-refractivity contribution < 1.29 is 32.3 Å². The number of carboxylic acid groups (broad SMARTS) is 1. The first-order chi connectivity index (χ1) is 8.82. The number of urea groups is 1. The van der Waals surface area contributed by atoms with Crippen molar-refractivity contribution in [2.75, 3.05) is 11.9 Å². The molecule has 0 radical (unpaired) electrons. The fourth-order valence-corrected chi connectivity index (χ4v) is 1.12. The highest BCUT2D eigenvalue weighted by Gasteiger charge is 2.20. The van der Waals surface area contributed by atoms with Crippen molar-refractivity contribution in [1.29, 1.82) is 0 Å². The molecule has 104 valence electrons. The molecule has 0 bridgehead atoms. The minimum Gasteiger partial charge on any atom is -0.481 e. The summed E-state index contributed by atoms with van der Waals surface area (Å²) in [5.74, 6) is -8.05. The maximum atomic E-state index is 13.1. The molecule has 1 rings (SSSR count). The van der Waals surface area contributed by atoms with Crippen molar-refractivity contribution in [2.24, 2.45) is 0 Å². The molecule has 1 aromatic rings. The van der Waals surface area contributed by atoms with Gasteiger partial charge in [-0.05, 0) is 0 Å². The minimum absolute atomic E-state index is 0.00181. The van der Waals surface area contributed by atoms with E-state index in [0.29, 0.717) is 0 Å². The van der Waals surface area contributed by atoms with Gasteiger partial charge in [-0.3, -0.25) is 4.79 Å². The largest absolute Gasteiger partial charge is 0.481 e. The van der Waals surface area contributed by atoms with E-state index in [2.05, 4.69) is 0 Å². The lowest BCUT2D eigenvalue weighted by molar-refractivity contribution is -0.136. The van der Waals surface area contributed by atoms with Gasteiger partial charge < -0.3 is 15.7 Å². The quantitative estimate of drug-likeness (QED) is 0.581. The van der Waals surface area contributed by atoms with E-state index in [1.807, 2.05) is 5.32 Å². The highest BCUT2D eigenvalue weighted by Crippen LogP contribution is 2.23. The Kier molecular flexibility index (Phi) is 4.67. The summed E-state index contributed by atoms with van der Waals surface area (Å²) in [7, 11) is 0. The molecule has 1 aromatic carbocycles. The first kappa shape index (κ1) is 14.7. The second kappa shape index (κ2) is 6.03. The fraction of sp³-hybridized carbons (Fsp3) is 0.200. The molecular weight excluding hydrogens is 272 g/mol. The molecule has 0 atom stereocenters. The number of carboxylic acids is 1. The topological polar surface area (TPSA) is 78.4 Å². The minimum atomic E-state index is -1.76. The summed E-state index contributed by atoms with van der Waals surface area (Å²) < 4.78 is 51.9. The Morgan fingerprint density at radius 2 is 1.63 bits per heavy atom. The lowest BCUT2D eigenvalue weighted by atomic mass is 10.2. The summed E-state index contributed by atoms with van der Waals surface area (Å²) in [6, 6.07) is -1.19. The van der Waals surface area contributed by atoms with Crippen molar-refractivity contribution in [3.05, 3.63) is 29.3 Å². The zero-order valence-corrected chi connectivity index (χ0v) is 9.27. The summed E-state index contributed by atoms with van der Waals surface area (Å²) in [5.41, 5.74) is -1.29. The highest BCUT2D eigenvalue weighted by molar-refractivity contribution is 5.89. The lowest BCUT2D eigenvalue weighted by Crippen LogP contribution is -2.31. The number of nitrogens with one attached hydrogen (secondary N) is 2. The maximum Gasteiger partial charge on any atom is 0.319 e. The van der Waals surface area contributed by atoms with E-state index in [0.717, 1.165) is 0 Å². The molecule has 0 unspecified atom stereocenters. The van der Waals surface area contributed by atoms with Gasteiger partial charge in [-0.15, -0.1) is 0 Å². The van der Waals surface area contributed by atoms with Gasteiger partial charge in [0.15, 0.2) is 23.3 Å². The normalized spacial score (nSPS) is 10.1. The number of hydrogen-bond acceptors (Lipinski definition) is 2. The number of benzene rings is 1. The van der Waals surface area contributed by atoms with Gasteiger partial charge in [0, 0.05) is 12.6 Å². The molecule has 0 fully saturated rings. The number of halogens is 4. The van der Waals surface area contributed by atoms with Crippen LogP contribution < -0.4 is 10.6 Å². The van der Waals surface area contributed by atoms with E-state index in [-0.39, 0.29) is 12.6 Å². The Bertz CT molecular complexity index is 496. The molecule has 0 heterocycles. The van der Waals surface area contributed by atoms with Crippen LogP contribution in [0, 0.1) is 23.3 Å². The summed E-state index contributed by atoms with van der Waals surface area (Å²) in [6.07, 6.45) is -0.421. The molecule has 0 spiro atoms. The summed E-state index contributed by atoms with van der Waals surface area (Å²) >= 11 is 0. The Hall–Kier alpha value is -2.32. The third-order valence-electron chi connectivity index (χ3n) is 1.97. The SMILES string of the molecule is O=C(O)CCNC(=O)Nc1c(F)c(F)cc(F)c1F. The van der Waals surface area contributed by atoms with Crippen LogP contribution >= 0.6 is 0 Å². The van der Waals surface area contributed by atoms with Crippen LogP contribution in [0.2, 0.25) is 0 Å². The number of rotatable bonds is 4. The molecule has 0 aliphatic rings. The molecule has 19 heavy (non-hydrogen) atoms. The number of amides is 2. The first-order valence-corrected chi connectivity index (χ1v) is 4.92. The van der Waals surface area contributed by atoms with Gasteiger partial charge in [-0.2, -0.15) is 0 Å². The van der Waals surface area contributed by atoms with Crippen LogP contribution in [0.4, 0.5) is 28.0 Å². The van der Waals surface area contributed by atoms with Crippen LogP contribution in [0.3, 0.4) is 0 Å². The molecule has 5 nitrogen and oxygen atoms in total. The average Bonchev–Trinajstić information content (AvgIpc) is 2.32. The van der Waals surface area contributed by atoms with E-state index < -0.39 is 47.4 Å². The second-order valence-electron chi connectivity index (χ2n) is 3.37. The Morgan fingerprint density at radius 3 is 2.11 bits per heavy atom. The second-order valence-corrected chi connectivity index (χ2v) is 3.37. The van der Waals surface area contributed by atoms with E-state index in [4.69, 9.17) is 5.11 Å². The van der Waals surface area contributed by atoms with Gasteiger partial charge in [0.2, 0.25) is 0 Å². The van der Waals surface area contributed by atoms with Crippen molar-refractivity contribution in [3.8, 4) is 0 Å². The molecule has 0 saturated heterocycles. The van der Waals surface area contributed by atoms with Gasteiger partial charge in [0.25, 0.3) is 0 Å². The Balaban J connectivity index is 2.77. The summed E-state index contributed by atoms with van der Waals surface area (Å²) in [4.78, 5) is 21.3. The Labute approximate surface area is 104 Å². The van der Waals surface area contributed by atoms with Crippen molar-refractivity contribution in [3.63, 3.8) is 0 Å². The molecule has 0 saturated carbocycles. The van der Waals surface area contributed by atoms with E-state index >= 15 is 0 Å². The maximum absolute atomic E-state index is 13.1. The predicted molar refractivity (Wildman–Crippen MR) is 55.5 cm³/mol. The van der Waals surface area contributed by atoms with Crippen LogP contribution in [0.5, 0.6) is 0 Å². The van der Waals surface area contributed by atoms with Crippen LogP contribution in [0.25, 0.3) is 0 Å². The van der Waals surface area contributed by atoms with Crippen LogP contribution in [-0.2, 0) is 4.79 Å². The third kappa shape index (κ3) is 3.83. The molecule has 0 aromatic heterocycles. The van der Waals surface area contributed by atoms with E-state index in [1.165, 1.54) is 0 Å². The Morgan fingerprint density at radius 1 is 1.11 bits per heavy atom.